The van der Waals surface area contributed by atoms with Crippen LogP contribution in [0.25, 0.3) is 16.6 Å². The molecule has 1 aromatic carbocycles. The van der Waals surface area contributed by atoms with Gasteiger partial charge in [0.15, 0.2) is 0 Å². The minimum atomic E-state index is 0.285. The maximum atomic E-state index is 5.23. The van der Waals surface area contributed by atoms with E-state index in [0.29, 0.717) is 0 Å². The van der Waals surface area contributed by atoms with E-state index in [-0.39, 0.29) is 6.04 Å². The van der Waals surface area contributed by atoms with Crippen LogP contribution in [0.3, 0.4) is 0 Å². The van der Waals surface area contributed by atoms with Crippen molar-refractivity contribution in [3.05, 3.63) is 84.8 Å². The zero-order valence-electron chi connectivity index (χ0n) is 16.0. The van der Waals surface area contributed by atoms with Gasteiger partial charge in [0, 0.05) is 37.9 Å². The maximum absolute atomic E-state index is 5.23. The molecule has 1 saturated heterocycles. The SMILES string of the molecule is CN1CCN(Cc2ccoc2)C[C@@H]1c1ncn2cc(-c3ccccc3)ccc12. The van der Waals surface area contributed by atoms with Crippen LogP contribution < -0.4 is 0 Å². The van der Waals surface area contributed by atoms with Crippen LogP contribution in [0, 0.1) is 0 Å². The molecule has 4 heterocycles. The van der Waals surface area contributed by atoms with Gasteiger partial charge in [-0.3, -0.25) is 9.80 Å². The molecule has 0 spiro atoms. The highest BCUT2D eigenvalue weighted by Crippen LogP contribution is 2.29. The van der Waals surface area contributed by atoms with E-state index in [2.05, 4.69) is 63.8 Å². The Bertz CT molecular complexity index is 1050. The van der Waals surface area contributed by atoms with Crippen LogP contribution in [0.2, 0.25) is 0 Å². The van der Waals surface area contributed by atoms with Gasteiger partial charge in [-0.1, -0.05) is 36.4 Å². The molecular weight excluding hydrogens is 348 g/mol. The molecule has 1 aliphatic heterocycles. The highest BCUT2D eigenvalue weighted by molar-refractivity contribution is 5.66. The summed E-state index contributed by atoms with van der Waals surface area (Å²) in [5.74, 6) is 0. The molecule has 0 saturated carbocycles. The van der Waals surface area contributed by atoms with Crippen molar-refractivity contribution >= 4 is 5.52 Å². The molecule has 0 N–H and O–H groups in total. The van der Waals surface area contributed by atoms with E-state index in [0.717, 1.165) is 31.9 Å². The number of rotatable bonds is 4. The number of hydrogen-bond donors (Lipinski definition) is 0. The minimum absolute atomic E-state index is 0.285. The fourth-order valence-corrected chi connectivity index (χ4v) is 4.09. The molecule has 5 heteroatoms. The lowest BCUT2D eigenvalue weighted by molar-refractivity contribution is 0.0891. The van der Waals surface area contributed by atoms with Gasteiger partial charge in [-0.05, 0) is 30.3 Å². The zero-order chi connectivity index (χ0) is 18.9. The Morgan fingerprint density at radius 3 is 2.75 bits per heavy atom. The molecule has 3 aromatic heterocycles. The van der Waals surface area contributed by atoms with Gasteiger partial charge in [-0.2, -0.15) is 0 Å². The quantitative estimate of drug-likeness (QED) is 0.541. The second-order valence-electron chi connectivity index (χ2n) is 7.57. The summed E-state index contributed by atoms with van der Waals surface area (Å²) < 4.78 is 7.38. The summed E-state index contributed by atoms with van der Waals surface area (Å²) in [6.07, 6.45) is 7.70. The summed E-state index contributed by atoms with van der Waals surface area (Å²) in [5, 5.41) is 0. The molecule has 28 heavy (non-hydrogen) atoms. The van der Waals surface area contributed by atoms with Crippen molar-refractivity contribution in [3.63, 3.8) is 0 Å². The molecule has 4 aromatic rings. The Morgan fingerprint density at radius 1 is 1.04 bits per heavy atom. The van der Waals surface area contributed by atoms with Crippen molar-refractivity contribution in [2.45, 2.75) is 12.6 Å². The lowest BCUT2D eigenvalue weighted by Crippen LogP contribution is -2.46. The number of piperazine rings is 1. The van der Waals surface area contributed by atoms with Crippen LogP contribution in [0.1, 0.15) is 17.3 Å². The molecule has 0 unspecified atom stereocenters. The fraction of sp³-hybridized carbons (Fsp3) is 0.261. The number of furan rings is 1. The van der Waals surface area contributed by atoms with E-state index in [1.165, 1.54) is 22.2 Å². The maximum Gasteiger partial charge on any atom is 0.0996 e. The molecule has 1 aliphatic rings. The van der Waals surface area contributed by atoms with Crippen LogP contribution in [0.4, 0.5) is 0 Å². The highest BCUT2D eigenvalue weighted by atomic mass is 16.3. The van der Waals surface area contributed by atoms with Crippen molar-refractivity contribution in [2.24, 2.45) is 0 Å². The van der Waals surface area contributed by atoms with Crippen molar-refractivity contribution in [1.82, 2.24) is 19.2 Å². The van der Waals surface area contributed by atoms with Gasteiger partial charge in [0.1, 0.15) is 0 Å². The number of nitrogens with zero attached hydrogens (tertiary/aromatic N) is 4. The molecule has 0 radical (unpaired) electrons. The second-order valence-corrected chi connectivity index (χ2v) is 7.57. The first-order valence-corrected chi connectivity index (χ1v) is 9.73. The van der Waals surface area contributed by atoms with Crippen molar-refractivity contribution in [1.29, 1.82) is 0 Å². The lowest BCUT2D eigenvalue weighted by atomic mass is 10.1. The Hall–Kier alpha value is -2.89. The molecule has 142 valence electrons. The van der Waals surface area contributed by atoms with E-state index < -0.39 is 0 Å². The van der Waals surface area contributed by atoms with E-state index in [1.807, 2.05) is 24.7 Å². The van der Waals surface area contributed by atoms with Crippen LogP contribution in [0.5, 0.6) is 0 Å². The van der Waals surface area contributed by atoms with Crippen molar-refractivity contribution < 1.29 is 4.42 Å². The van der Waals surface area contributed by atoms with E-state index >= 15 is 0 Å². The molecule has 0 bridgehead atoms. The van der Waals surface area contributed by atoms with Gasteiger partial charge < -0.3 is 8.82 Å². The summed E-state index contributed by atoms with van der Waals surface area (Å²) in [6.45, 7) is 3.98. The largest absolute Gasteiger partial charge is 0.472 e. The topological polar surface area (TPSA) is 36.9 Å². The van der Waals surface area contributed by atoms with Crippen molar-refractivity contribution in [3.8, 4) is 11.1 Å². The number of imidazole rings is 1. The Labute approximate surface area is 164 Å². The normalized spacial score (nSPS) is 18.7. The van der Waals surface area contributed by atoms with Gasteiger partial charge in [-0.25, -0.2) is 4.98 Å². The van der Waals surface area contributed by atoms with Crippen LogP contribution in [-0.2, 0) is 6.54 Å². The summed E-state index contributed by atoms with van der Waals surface area (Å²) >= 11 is 0. The van der Waals surface area contributed by atoms with E-state index in [9.17, 15) is 0 Å². The van der Waals surface area contributed by atoms with E-state index in [4.69, 9.17) is 9.40 Å². The van der Waals surface area contributed by atoms with Crippen molar-refractivity contribution in [2.75, 3.05) is 26.7 Å². The Balaban J connectivity index is 1.43. The molecular formula is C23H24N4O. The van der Waals surface area contributed by atoms with Gasteiger partial charge in [0.25, 0.3) is 0 Å². The zero-order valence-corrected chi connectivity index (χ0v) is 16.0. The third-order valence-corrected chi connectivity index (χ3v) is 5.70. The number of fused-ring (bicyclic) bond motifs is 1. The molecule has 5 rings (SSSR count). The van der Waals surface area contributed by atoms with Gasteiger partial charge >= 0.3 is 0 Å². The molecule has 1 fully saturated rings. The number of likely N-dealkylation sites (N-methyl/N-ethyl adjacent to an activating group) is 1. The van der Waals surface area contributed by atoms with Crippen LogP contribution >= 0.6 is 0 Å². The third kappa shape index (κ3) is 3.23. The summed E-state index contributed by atoms with van der Waals surface area (Å²) in [4.78, 5) is 9.71. The number of benzene rings is 1. The lowest BCUT2D eigenvalue weighted by Gasteiger charge is -2.38. The predicted octanol–water partition coefficient (Wildman–Crippen LogP) is 4.08. The average molecular weight is 372 g/mol. The van der Waals surface area contributed by atoms with E-state index in [1.54, 1.807) is 6.26 Å². The monoisotopic (exact) mass is 372 g/mol. The van der Waals surface area contributed by atoms with Gasteiger partial charge in [0.05, 0.1) is 36.1 Å². The summed E-state index contributed by atoms with van der Waals surface area (Å²) in [6, 6.07) is 17.2. The standard InChI is InChI=1S/C23H24N4O/c1-25-10-11-26(13-18-9-12-28-16-18)15-22(25)23-21-8-7-20(14-27(21)17-24-23)19-5-3-2-4-6-19/h2-9,12,14,16-17,22H,10-11,13,15H2,1H3/t22-/m1/s1. The molecule has 0 amide bonds. The smallest absolute Gasteiger partial charge is 0.0996 e. The van der Waals surface area contributed by atoms with Crippen LogP contribution in [0.15, 0.2) is 78.0 Å². The number of hydrogen-bond acceptors (Lipinski definition) is 4. The first-order chi connectivity index (χ1) is 13.8. The van der Waals surface area contributed by atoms with Gasteiger partial charge in [-0.15, -0.1) is 0 Å². The summed E-state index contributed by atoms with van der Waals surface area (Å²) in [5.41, 5.74) is 5.99. The number of aromatic nitrogens is 2. The average Bonchev–Trinajstić information content (AvgIpc) is 3.39. The highest BCUT2D eigenvalue weighted by Gasteiger charge is 2.28. The molecule has 5 nitrogen and oxygen atoms in total. The summed E-state index contributed by atoms with van der Waals surface area (Å²) in [7, 11) is 2.20. The first kappa shape index (κ1) is 17.2. The fourth-order valence-electron chi connectivity index (χ4n) is 4.09. The minimum Gasteiger partial charge on any atom is -0.472 e. The Morgan fingerprint density at radius 2 is 1.93 bits per heavy atom. The number of pyridine rings is 1. The molecule has 0 aliphatic carbocycles. The Kier molecular flexibility index (Phi) is 4.47. The second kappa shape index (κ2) is 7.26. The molecule has 1 atom stereocenters. The predicted molar refractivity (Wildman–Crippen MR) is 110 cm³/mol. The third-order valence-electron chi connectivity index (χ3n) is 5.70. The van der Waals surface area contributed by atoms with Gasteiger partial charge in [0.2, 0.25) is 0 Å². The van der Waals surface area contributed by atoms with Crippen LogP contribution in [-0.4, -0.2) is 45.9 Å². The first-order valence-electron chi connectivity index (χ1n) is 9.73.